The molecule has 0 bridgehead atoms. The monoisotopic (exact) mass is 404 g/mol. The van der Waals surface area contributed by atoms with Gasteiger partial charge in [-0.3, -0.25) is 4.79 Å². The average Bonchev–Trinajstić information content (AvgIpc) is 2.65. The fourth-order valence-electron chi connectivity index (χ4n) is 4.11. The van der Waals surface area contributed by atoms with Gasteiger partial charge in [0.05, 0.1) is 12.0 Å². The van der Waals surface area contributed by atoms with Crippen molar-refractivity contribution >= 4 is 17.9 Å². The zero-order chi connectivity index (χ0) is 21.3. The Balaban J connectivity index is 1.55. The second kappa shape index (κ2) is 6.14. The lowest BCUT2D eigenvalue weighted by molar-refractivity contribution is 0.0841. The molecule has 1 unspecified atom stereocenters. The van der Waals surface area contributed by atoms with Crippen molar-refractivity contribution in [2.75, 3.05) is 0 Å². The highest BCUT2D eigenvalue weighted by atomic mass is 16.5. The van der Waals surface area contributed by atoms with Crippen molar-refractivity contribution in [3.63, 3.8) is 0 Å². The number of carbonyl (C=O) groups is 1. The molecule has 154 valence electrons. The molecule has 3 aliphatic rings. The van der Waals surface area contributed by atoms with Crippen LogP contribution in [0.2, 0.25) is 0 Å². The predicted octanol–water partition coefficient (Wildman–Crippen LogP) is 5.47. The molecule has 0 radical (unpaired) electrons. The summed E-state index contributed by atoms with van der Waals surface area (Å²) in [7, 11) is 0. The summed E-state index contributed by atoms with van der Waals surface area (Å²) in [5.74, 6) is 1.44. The second-order valence-corrected chi connectivity index (χ2v) is 9.12. The maximum atomic E-state index is 12.9. The van der Waals surface area contributed by atoms with Crippen LogP contribution in [0.5, 0.6) is 23.0 Å². The Kier molecular flexibility index (Phi) is 3.85. The minimum Gasteiger partial charge on any atom is -0.507 e. The number of ketones is 1. The first-order valence-corrected chi connectivity index (χ1v) is 10.1. The molecule has 1 N–H and O–H groups in total. The number of phenolic OH excluding ortho intramolecular Hbond substituents is 1. The van der Waals surface area contributed by atoms with Crippen LogP contribution < -0.4 is 14.2 Å². The third-order valence-electron chi connectivity index (χ3n) is 5.64. The van der Waals surface area contributed by atoms with E-state index in [0.29, 0.717) is 17.1 Å². The third kappa shape index (κ3) is 3.05. The minimum absolute atomic E-state index is 0.109. The van der Waals surface area contributed by atoms with Crippen LogP contribution in [0.25, 0.3) is 12.2 Å². The number of hydrogen-bond acceptors (Lipinski definition) is 5. The minimum atomic E-state index is -0.496. The summed E-state index contributed by atoms with van der Waals surface area (Å²) >= 11 is 0. The van der Waals surface area contributed by atoms with Crippen LogP contribution in [-0.2, 0) is 0 Å². The van der Waals surface area contributed by atoms with Crippen molar-refractivity contribution in [1.82, 2.24) is 0 Å². The smallest absolute Gasteiger partial charge is 0.174 e. The molecule has 5 heteroatoms. The first kappa shape index (κ1) is 18.8. The van der Waals surface area contributed by atoms with Gasteiger partial charge in [-0.15, -0.1) is 0 Å². The number of phenols is 1. The van der Waals surface area contributed by atoms with Gasteiger partial charge >= 0.3 is 0 Å². The molecule has 0 fully saturated rings. The van der Waals surface area contributed by atoms with Gasteiger partial charge in [-0.25, -0.2) is 0 Å². The molecule has 30 heavy (non-hydrogen) atoms. The van der Waals surface area contributed by atoms with Crippen molar-refractivity contribution in [2.45, 2.75) is 51.4 Å². The van der Waals surface area contributed by atoms with E-state index in [1.165, 1.54) is 6.07 Å². The predicted molar refractivity (Wildman–Crippen MR) is 114 cm³/mol. The first-order valence-electron chi connectivity index (χ1n) is 10.1. The molecular formula is C25H24O5. The van der Waals surface area contributed by atoms with Crippen molar-refractivity contribution in [3.05, 3.63) is 58.7 Å². The molecule has 0 spiro atoms. The van der Waals surface area contributed by atoms with E-state index in [0.717, 1.165) is 16.9 Å². The van der Waals surface area contributed by atoms with Crippen LogP contribution in [0, 0.1) is 0 Å². The van der Waals surface area contributed by atoms with Gasteiger partial charge in [0, 0.05) is 11.6 Å². The number of rotatable bonds is 1. The fourth-order valence-corrected chi connectivity index (χ4v) is 4.11. The van der Waals surface area contributed by atoms with Gasteiger partial charge in [-0.2, -0.15) is 0 Å². The molecule has 0 saturated heterocycles. The molecule has 0 aliphatic carbocycles. The number of ether oxygens (including phenoxy) is 3. The van der Waals surface area contributed by atoms with Crippen molar-refractivity contribution in [2.24, 2.45) is 0 Å². The number of aromatic hydroxyl groups is 1. The second-order valence-electron chi connectivity index (χ2n) is 9.12. The molecule has 0 amide bonds. The Morgan fingerprint density at radius 2 is 1.67 bits per heavy atom. The molecule has 1 atom stereocenters. The molecule has 0 saturated carbocycles. The van der Waals surface area contributed by atoms with E-state index >= 15 is 0 Å². The van der Waals surface area contributed by atoms with Gasteiger partial charge in [0.15, 0.2) is 5.78 Å². The number of benzene rings is 2. The quantitative estimate of drug-likeness (QED) is 0.683. The summed E-state index contributed by atoms with van der Waals surface area (Å²) in [4.78, 5) is 12.9. The summed E-state index contributed by atoms with van der Waals surface area (Å²) in [6.45, 7) is 7.88. The number of hydrogen-bond donors (Lipinski definition) is 1. The Hall–Kier alpha value is -3.21. The number of Topliss-reactive ketones (excluding diaryl/α,β-unsaturated/α-hetero) is 1. The molecule has 5 nitrogen and oxygen atoms in total. The summed E-state index contributed by atoms with van der Waals surface area (Å²) in [5, 5.41) is 10.5. The Morgan fingerprint density at radius 1 is 0.967 bits per heavy atom. The van der Waals surface area contributed by atoms with E-state index in [9.17, 15) is 9.90 Å². The SMILES string of the molecule is CC1(C)C=Cc2cc(C3CC(=O)c4c(O)cc5c(c4O3)C=CC(C)(C)O5)ccc2O1. The largest absolute Gasteiger partial charge is 0.507 e. The fraction of sp³-hybridized carbons (Fsp3) is 0.320. The van der Waals surface area contributed by atoms with E-state index in [-0.39, 0.29) is 29.1 Å². The topological polar surface area (TPSA) is 65.0 Å². The zero-order valence-electron chi connectivity index (χ0n) is 17.5. The molecule has 0 aromatic heterocycles. The molecular weight excluding hydrogens is 380 g/mol. The average molecular weight is 404 g/mol. The van der Waals surface area contributed by atoms with Crippen molar-refractivity contribution in [1.29, 1.82) is 0 Å². The normalized spacial score (nSPS) is 22.1. The van der Waals surface area contributed by atoms with E-state index in [4.69, 9.17) is 14.2 Å². The van der Waals surface area contributed by atoms with Gasteiger partial charge in [0.1, 0.15) is 45.9 Å². The van der Waals surface area contributed by atoms with Crippen LogP contribution >= 0.6 is 0 Å². The van der Waals surface area contributed by atoms with Crippen LogP contribution in [-0.4, -0.2) is 22.1 Å². The van der Waals surface area contributed by atoms with E-state index in [1.54, 1.807) is 0 Å². The van der Waals surface area contributed by atoms with Crippen molar-refractivity contribution < 1.29 is 24.1 Å². The van der Waals surface area contributed by atoms with Gasteiger partial charge in [-0.05, 0) is 63.6 Å². The highest BCUT2D eigenvalue weighted by molar-refractivity contribution is 6.04. The number of fused-ring (bicyclic) bond motifs is 4. The van der Waals surface area contributed by atoms with Gasteiger partial charge in [0.25, 0.3) is 0 Å². The lowest BCUT2D eigenvalue weighted by atomic mass is 9.91. The zero-order valence-corrected chi connectivity index (χ0v) is 17.5. The maximum Gasteiger partial charge on any atom is 0.174 e. The highest BCUT2D eigenvalue weighted by Crippen LogP contribution is 2.48. The van der Waals surface area contributed by atoms with Crippen molar-refractivity contribution in [3.8, 4) is 23.0 Å². The third-order valence-corrected chi connectivity index (χ3v) is 5.64. The summed E-state index contributed by atoms with van der Waals surface area (Å²) < 4.78 is 18.3. The summed E-state index contributed by atoms with van der Waals surface area (Å²) in [6, 6.07) is 7.35. The summed E-state index contributed by atoms with van der Waals surface area (Å²) in [5.41, 5.74) is 1.91. The van der Waals surface area contributed by atoms with Gasteiger partial charge in [0.2, 0.25) is 0 Å². The van der Waals surface area contributed by atoms with Gasteiger partial charge < -0.3 is 19.3 Å². The lowest BCUT2D eigenvalue weighted by Crippen LogP contribution is -2.29. The van der Waals surface area contributed by atoms with Gasteiger partial charge in [-0.1, -0.05) is 12.1 Å². The van der Waals surface area contributed by atoms with Crippen LogP contribution in [0.4, 0.5) is 0 Å². The van der Waals surface area contributed by atoms with E-state index < -0.39 is 11.7 Å². The molecule has 2 aromatic rings. The molecule has 2 aromatic carbocycles. The molecule has 5 rings (SSSR count). The first-order chi connectivity index (χ1) is 14.1. The summed E-state index contributed by atoms with van der Waals surface area (Å²) in [6.07, 6.45) is 7.58. The highest BCUT2D eigenvalue weighted by Gasteiger charge is 2.36. The Morgan fingerprint density at radius 3 is 2.43 bits per heavy atom. The standard InChI is InChI=1S/C25H24O5/c1-24(2)9-7-15-11-14(5-6-19(15)29-24)20-12-17(26)22-18(27)13-21-16(23(22)28-20)8-10-25(3,4)30-21/h5-11,13,20,27H,12H2,1-4H3. The maximum absolute atomic E-state index is 12.9. The van der Waals surface area contributed by atoms with Crippen LogP contribution in [0.3, 0.4) is 0 Å². The van der Waals surface area contributed by atoms with E-state index in [2.05, 4.69) is 0 Å². The van der Waals surface area contributed by atoms with Crippen LogP contribution in [0.15, 0.2) is 36.4 Å². The molecule has 3 aliphatic heterocycles. The lowest BCUT2D eigenvalue weighted by Gasteiger charge is -2.33. The van der Waals surface area contributed by atoms with Crippen LogP contribution in [0.1, 0.15) is 67.3 Å². The number of carbonyl (C=O) groups excluding carboxylic acids is 1. The Bertz CT molecular complexity index is 1140. The van der Waals surface area contributed by atoms with E-state index in [1.807, 2.05) is 70.2 Å². The Labute approximate surface area is 175 Å². The molecule has 3 heterocycles.